The summed E-state index contributed by atoms with van der Waals surface area (Å²) in [5, 5.41) is 5.07. The molecule has 3 nitrogen and oxygen atoms in total. The van der Waals surface area contributed by atoms with Gasteiger partial charge >= 0.3 is 0 Å². The van der Waals surface area contributed by atoms with E-state index in [1.165, 1.54) is 11.3 Å². The summed E-state index contributed by atoms with van der Waals surface area (Å²) in [4.78, 5) is 15.6. The number of hydrogen-bond donors (Lipinski definition) is 1. The third-order valence-electron chi connectivity index (χ3n) is 4.40. The first kappa shape index (κ1) is 16.7. The molecule has 1 fully saturated rings. The lowest BCUT2D eigenvalue weighted by atomic mass is 10.2. The van der Waals surface area contributed by atoms with E-state index in [4.69, 9.17) is 23.2 Å². The molecule has 0 atom stereocenters. The quantitative estimate of drug-likeness (QED) is 0.589. The van der Waals surface area contributed by atoms with Gasteiger partial charge in [-0.05, 0) is 31.0 Å². The monoisotopic (exact) mass is 390 g/mol. The van der Waals surface area contributed by atoms with Gasteiger partial charge in [0.15, 0.2) is 0 Å². The van der Waals surface area contributed by atoms with Crippen molar-refractivity contribution in [1.29, 1.82) is 0 Å². The molecule has 1 aliphatic heterocycles. The van der Waals surface area contributed by atoms with E-state index in [-0.39, 0.29) is 5.91 Å². The molecule has 2 heterocycles. The van der Waals surface area contributed by atoms with Crippen molar-refractivity contribution in [2.24, 2.45) is 0 Å². The highest BCUT2D eigenvalue weighted by Gasteiger charge is 2.22. The first-order chi connectivity index (χ1) is 12.1. The van der Waals surface area contributed by atoms with Crippen molar-refractivity contribution in [3.8, 4) is 0 Å². The second-order valence-electron chi connectivity index (χ2n) is 6.03. The topological polar surface area (TPSA) is 32.3 Å². The fraction of sp³-hybridized carbons (Fsp3) is 0.211. The number of halogens is 2. The molecule has 0 bridgehead atoms. The minimum atomic E-state index is -0.200. The summed E-state index contributed by atoms with van der Waals surface area (Å²) in [5.74, 6) is -0.200. The van der Waals surface area contributed by atoms with E-state index in [1.807, 2.05) is 42.5 Å². The van der Waals surface area contributed by atoms with Crippen LogP contribution in [0.15, 0.2) is 42.5 Å². The van der Waals surface area contributed by atoms with Gasteiger partial charge in [0.1, 0.15) is 4.88 Å². The molecule has 2 aromatic carbocycles. The van der Waals surface area contributed by atoms with E-state index in [2.05, 4.69) is 10.2 Å². The van der Waals surface area contributed by atoms with Crippen LogP contribution in [0.1, 0.15) is 22.5 Å². The van der Waals surface area contributed by atoms with Gasteiger partial charge in [0.2, 0.25) is 0 Å². The van der Waals surface area contributed by atoms with Crippen molar-refractivity contribution in [1.82, 2.24) is 0 Å². The Kier molecular flexibility index (Phi) is 4.59. The number of rotatable bonds is 3. The Bertz CT molecular complexity index is 948. The second kappa shape index (κ2) is 6.87. The second-order valence-corrected chi connectivity index (χ2v) is 7.86. The van der Waals surface area contributed by atoms with E-state index in [1.54, 1.807) is 0 Å². The Hall–Kier alpha value is -1.75. The van der Waals surface area contributed by atoms with Gasteiger partial charge in [0.25, 0.3) is 5.91 Å². The van der Waals surface area contributed by atoms with Crippen LogP contribution in [0.2, 0.25) is 10.0 Å². The van der Waals surface area contributed by atoms with Gasteiger partial charge in [-0.1, -0.05) is 47.5 Å². The molecule has 1 N–H and O–H groups in total. The predicted octanol–water partition coefficient (Wildman–Crippen LogP) is 6.06. The van der Waals surface area contributed by atoms with Crippen molar-refractivity contribution < 1.29 is 4.79 Å². The van der Waals surface area contributed by atoms with Crippen LogP contribution in [0.25, 0.3) is 10.1 Å². The zero-order chi connectivity index (χ0) is 17.4. The third-order valence-corrected chi connectivity index (χ3v) is 6.38. The Morgan fingerprint density at radius 1 is 1.04 bits per heavy atom. The molecule has 3 aromatic rings. The van der Waals surface area contributed by atoms with E-state index in [9.17, 15) is 4.79 Å². The first-order valence-corrected chi connectivity index (χ1v) is 9.74. The molecule has 1 aromatic heterocycles. The van der Waals surface area contributed by atoms with E-state index in [0.29, 0.717) is 14.9 Å². The van der Waals surface area contributed by atoms with Crippen LogP contribution in [0, 0.1) is 0 Å². The van der Waals surface area contributed by atoms with Gasteiger partial charge in [-0.15, -0.1) is 11.3 Å². The number of anilines is 2. The summed E-state index contributed by atoms with van der Waals surface area (Å²) >= 11 is 14.3. The van der Waals surface area contributed by atoms with Crippen molar-refractivity contribution in [2.75, 3.05) is 23.3 Å². The number of hydrogen-bond acceptors (Lipinski definition) is 3. The van der Waals surface area contributed by atoms with Crippen LogP contribution < -0.4 is 10.2 Å². The summed E-state index contributed by atoms with van der Waals surface area (Å²) in [5.41, 5.74) is 1.63. The number of para-hydroxylation sites is 1. The number of benzene rings is 2. The van der Waals surface area contributed by atoms with Crippen molar-refractivity contribution in [3.05, 3.63) is 57.4 Å². The van der Waals surface area contributed by atoms with Crippen molar-refractivity contribution in [3.63, 3.8) is 0 Å². The minimum Gasteiger partial charge on any atom is -0.369 e. The summed E-state index contributed by atoms with van der Waals surface area (Å²) in [7, 11) is 0. The first-order valence-electron chi connectivity index (χ1n) is 8.17. The molecule has 1 amide bonds. The smallest absolute Gasteiger partial charge is 0.267 e. The molecular weight excluding hydrogens is 375 g/mol. The van der Waals surface area contributed by atoms with Crippen LogP contribution in [0.3, 0.4) is 0 Å². The highest BCUT2D eigenvalue weighted by molar-refractivity contribution is 7.21. The molecule has 128 valence electrons. The molecule has 6 heteroatoms. The molecule has 25 heavy (non-hydrogen) atoms. The molecular formula is C19H16Cl2N2OS. The Balaban J connectivity index is 1.69. The molecule has 1 aliphatic rings. The summed E-state index contributed by atoms with van der Waals surface area (Å²) in [6.45, 7) is 1.91. The minimum absolute atomic E-state index is 0.200. The number of amides is 1. The number of thiophene rings is 1. The SMILES string of the molecule is O=C(Nc1cccc(Cl)c1N1CCCC1)c1sc2ccccc2c1Cl. The van der Waals surface area contributed by atoms with Gasteiger partial charge in [0, 0.05) is 23.2 Å². The highest BCUT2D eigenvalue weighted by Crippen LogP contribution is 2.38. The van der Waals surface area contributed by atoms with Crippen LogP contribution in [0.5, 0.6) is 0 Å². The molecule has 1 saturated heterocycles. The fourth-order valence-electron chi connectivity index (χ4n) is 3.22. The molecule has 0 radical (unpaired) electrons. The Labute approximate surface area is 160 Å². The Morgan fingerprint density at radius 3 is 2.56 bits per heavy atom. The standard InChI is InChI=1S/C19H16Cl2N2OS/c20-13-7-5-8-14(17(13)23-10-3-4-11-23)22-19(24)18-16(21)12-6-1-2-9-15(12)25-18/h1-2,5-9H,3-4,10-11H2,(H,22,24). The zero-order valence-electron chi connectivity index (χ0n) is 13.4. The van der Waals surface area contributed by atoms with E-state index in [0.717, 1.165) is 47.4 Å². The zero-order valence-corrected chi connectivity index (χ0v) is 15.7. The van der Waals surface area contributed by atoms with E-state index >= 15 is 0 Å². The lowest BCUT2D eigenvalue weighted by Crippen LogP contribution is -2.21. The molecule has 0 unspecified atom stereocenters. The number of fused-ring (bicyclic) bond motifs is 1. The van der Waals surface area contributed by atoms with Crippen LogP contribution >= 0.6 is 34.5 Å². The fourth-order valence-corrected chi connectivity index (χ4v) is 4.92. The van der Waals surface area contributed by atoms with Crippen LogP contribution in [0.4, 0.5) is 11.4 Å². The maximum Gasteiger partial charge on any atom is 0.267 e. The van der Waals surface area contributed by atoms with Crippen molar-refractivity contribution >= 4 is 61.9 Å². The lowest BCUT2D eigenvalue weighted by molar-refractivity contribution is 0.103. The maximum absolute atomic E-state index is 12.8. The van der Waals surface area contributed by atoms with Gasteiger partial charge in [-0.25, -0.2) is 0 Å². The average molecular weight is 391 g/mol. The summed E-state index contributed by atoms with van der Waals surface area (Å²) in [6.07, 6.45) is 2.28. The molecule has 0 aliphatic carbocycles. The largest absolute Gasteiger partial charge is 0.369 e. The molecule has 0 spiro atoms. The van der Waals surface area contributed by atoms with Crippen LogP contribution in [-0.4, -0.2) is 19.0 Å². The van der Waals surface area contributed by atoms with Gasteiger partial charge in [-0.3, -0.25) is 4.79 Å². The number of nitrogens with one attached hydrogen (secondary N) is 1. The molecule has 0 saturated carbocycles. The molecule has 4 rings (SSSR count). The van der Waals surface area contributed by atoms with E-state index < -0.39 is 0 Å². The highest BCUT2D eigenvalue weighted by atomic mass is 35.5. The normalized spacial score (nSPS) is 14.2. The number of nitrogens with zero attached hydrogens (tertiary/aromatic N) is 1. The van der Waals surface area contributed by atoms with Crippen LogP contribution in [-0.2, 0) is 0 Å². The average Bonchev–Trinajstić information content (AvgIpc) is 3.24. The predicted molar refractivity (Wildman–Crippen MR) is 108 cm³/mol. The number of carbonyl (C=O) groups excluding carboxylic acids is 1. The summed E-state index contributed by atoms with van der Waals surface area (Å²) in [6, 6.07) is 13.4. The third kappa shape index (κ3) is 3.10. The van der Waals surface area contributed by atoms with Crippen molar-refractivity contribution in [2.45, 2.75) is 12.8 Å². The number of carbonyl (C=O) groups is 1. The van der Waals surface area contributed by atoms with Gasteiger partial charge < -0.3 is 10.2 Å². The maximum atomic E-state index is 12.8. The van der Waals surface area contributed by atoms with Gasteiger partial charge in [0.05, 0.1) is 21.4 Å². The Morgan fingerprint density at radius 2 is 1.80 bits per heavy atom. The lowest BCUT2D eigenvalue weighted by Gasteiger charge is -2.22. The van der Waals surface area contributed by atoms with Gasteiger partial charge in [-0.2, -0.15) is 0 Å². The summed E-state index contributed by atoms with van der Waals surface area (Å²) < 4.78 is 1.00.